The summed E-state index contributed by atoms with van der Waals surface area (Å²) in [6.07, 6.45) is -12.1. The first-order valence-electron chi connectivity index (χ1n) is 12.1. The van der Waals surface area contributed by atoms with Gasteiger partial charge in [0.1, 0.15) is 23.3 Å². The number of carbonyl (C=O) groups is 1. The molecule has 0 saturated heterocycles. The molecule has 41 heavy (non-hydrogen) atoms. The van der Waals surface area contributed by atoms with Gasteiger partial charge in [0, 0.05) is 5.56 Å². The average Bonchev–Trinajstić information content (AvgIpc) is 2.88. The van der Waals surface area contributed by atoms with Crippen molar-refractivity contribution in [3.8, 4) is 11.5 Å². The lowest BCUT2D eigenvalue weighted by Gasteiger charge is -2.33. The van der Waals surface area contributed by atoms with Crippen molar-refractivity contribution in [1.82, 2.24) is 4.98 Å². The first-order valence-corrected chi connectivity index (χ1v) is 13.5. The van der Waals surface area contributed by atoms with Gasteiger partial charge in [-0.1, -0.05) is 37.1 Å². The normalized spacial score (nSPS) is 13.6. The summed E-state index contributed by atoms with van der Waals surface area (Å²) in [7, 11) is -4.25. The molecule has 0 spiro atoms. The van der Waals surface area contributed by atoms with E-state index >= 15 is 0 Å². The molecule has 2 aromatic carbocycles. The molecule has 1 aromatic heterocycles. The van der Waals surface area contributed by atoms with E-state index in [2.05, 4.69) is 4.98 Å². The Kier molecular flexibility index (Phi) is 9.20. The summed E-state index contributed by atoms with van der Waals surface area (Å²) in [5.74, 6) is -0.889. The maximum Gasteiger partial charge on any atom is 0.430 e. The molecule has 222 valence electrons. The van der Waals surface area contributed by atoms with Crippen LogP contribution in [0.1, 0.15) is 47.4 Å². The second-order valence-corrected chi connectivity index (χ2v) is 10.7. The maximum atomic E-state index is 13.3. The lowest BCUT2D eigenvalue weighted by atomic mass is 9.90. The third-order valence-corrected chi connectivity index (χ3v) is 7.38. The monoisotopic (exact) mass is 605 g/mol. The van der Waals surface area contributed by atoms with Crippen molar-refractivity contribution in [2.45, 2.75) is 62.6 Å². The van der Waals surface area contributed by atoms with Gasteiger partial charge in [-0.3, -0.25) is 8.98 Å². The van der Waals surface area contributed by atoms with Gasteiger partial charge in [-0.05, 0) is 62.2 Å². The van der Waals surface area contributed by atoms with Gasteiger partial charge >= 0.3 is 12.4 Å². The van der Waals surface area contributed by atoms with Gasteiger partial charge < -0.3 is 9.84 Å². The highest BCUT2D eigenvalue weighted by molar-refractivity contribution is 7.86. The molecule has 0 aliphatic heterocycles. The van der Waals surface area contributed by atoms with Gasteiger partial charge in [-0.2, -0.15) is 34.8 Å². The summed E-state index contributed by atoms with van der Waals surface area (Å²) in [6.45, 7) is 4.63. The molecular formula is C27H25F6NO6S. The van der Waals surface area contributed by atoms with Crippen LogP contribution in [0.15, 0.2) is 65.7 Å². The molecule has 1 unspecified atom stereocenters. The standard InChI is InChI=1S/C27H25F6NO6S/c1-4-5-18-14-19(25(36,26(28,29)30)27(31,32)33)8-13-23(18)39-20-9-12-22(34-15-20)24(35)17(3)40-41(37,38)21-10-6-16(2)7-11-21/h6-15,17,36H,4-5H2,1-3H3. The molecule has 1 heterocycles. The minimum absolute atomic E-state index is 0.0171. The van der Waals surface area contributed by atoms with E-state index in [1.165, 1.54) is 31.2 Å². The van der Waals surface area contributed by atoms with Gasteiger partial charge in [0.25, 0.3) is 15.7 Å². The fraction of sp³-hybridized carbons (Fsp3) is 0.333. The predicted molar refractivity (Wildman–Crippen MR) is 134 cm³/mol. The van der Waals surface area contributed by atoms with Crippen LogP contribution in [0, 0.1) is 6.92 Å². The molecule has 0 saturated carbocycles. The SMILES string of the molecule is CCCc1cc(C(O)(C(F)(F)F)C(F)(F)F)ccc1Oc1ccc(C(=O)C(C)OS(=O)(=O)c2ccc(C)cc2)nc1. The van der Waals surface area contributed by atoms with Crippen molar-refractivity contribution >= 4 is 15.9 Å². The molecule has 3 aromatic rings. The number of rotatable bonds is 10. The van der Waals surface area contributed by atoms with Crippen molar-refractivity contribution < 1.29 is 53.6 Å². The van der Waals surface area contributed by atoms with Gasteiger partial charge in [-0.25, -0.2) is 4.98 Å². The quantitative estimate of drug-likeness (QED) is 0.162. The van der Waals surface area contributed by atoms with Crippen molar-refractivity contribution in [2.75, 3.05) is 0 Å². The molecule has 1 N–H and O–H groups in total. The van der Waals surface area contributed by atoms with Crippen LogP contribution >= 0.6 is 0 Å². The number of carbonyl (C=O) groups excluding carboxylic acids is 1. The molecule has 0 fully saturated rings. The molecule has 0 amide bonds. The molecule has 0 bridgehead atoms. The highest BCUT2D eigenvalue weighted by Gasteiger charge is 2.71. The number of hydrogen-bond donors (Lipinski definition) is 1. The highest BCUT2D eigenvalue weighted by atomic mass is 32.2. The maximum absolute atomic E-state index is 13.3. The number of aromatic nitrogens is 1. The van der Waals surface area contributed by atoms with Crippen LogP contribution in [0.2, 0.25) is 0 Å². The van der Waals surface area contributed by atoms with Gasteiger partial charge in [0.2, 0.25) is 5.78 Å². The number of alkyl halides is 6. The molecule has 0 aliphatic carbocycles. The van der Waals surface area contributed by atoms with E-state index in [-0.39, 0.29) is 34.1 Å². The zero-order chi connectivity index (χ0) is 30.8. The van der Waals surface area contributed by atoms with E-state index in [1.54, 1.807) is 26.0 Å². The Morgan fingerprint density at radius 1 is 0.976 bits per heavy atom. The van der Waals surface area contributed by atoms with Crippen molar-refractivity contribution in [1.29, 1.82) is 0 Å². The van der Waals surface area contributed by atoms with E-state index in [4.69, 9.17) is 8.92 Å². The predicted octanol–water partition coefficient (Wildman–Crippen LogP) is 6.42. The first-order chi connectivity index (χ1) is 18.9. The largest absolute Gasteiger partial charge is 0.455 e. The van der Waals surface area contributed by atoms with Gasteiger partial charge in [0.05, 0.1) is 11.1 Å². The zero-order valence-electron chi connectivity index (χ0n) is 21.9. The molecule has 14 heteroatoms. The number of halogens is 6. The topological polar surface area (TPSA) is 103 Å². The number of pyridine rings is 1. The highest BCUT2D eigenvalue weighted by Crippen LogP contribution is 2.50. The van der Waals surface area contributed by atoms with E-state index in [9.17, 15) is 44.7 Å². The minimum Gasteiger partial charge on any atom is -0.455 e. The number of ether oxygens (including phenoxy) is 1. The summed E-state index contributed by atoms with van der Waals surface area (Å²) < 4.78 is 115. The molecule has 0 aliphatic rings. The van der Waals surface area contributed by atoms with E-state index in [1.807, 2.05) is 0 Å². The minimum atomic E-state index is -6.04. The van der Waals surface area contributed by atoms with Crippen LogP contribution in [-0.4, -0.2) is 42.7 Å². The zero-order valence-corrected chi connectivity index (χ0v) is 22.7. The fourth-order valence-electron chi connectivity index (χ4n) is 3.77. The number of aryl methyl sites for hydroxylation is 2. The number of ketones is 1. The van der Waals surface area contributed by atoms with Crippen molar-refractivity contribution in [3.05, 3.63) is 83.2 Å². The van der Waals surface area contributed by atoms with Crippen LogP contribution in [-0.2, 0) is 26.3 Å². The number of aliphatic hydroxyl groups is 1. The first kappa shape index (κ1) is 32.0. The Bertz CT molecular complexity index is 1470. The van der Waals surface area contributed by atoms with Crippen LogP contribution in [0.3, 0.4) is 0 Å². The van der Waals surface area contributed by atoms with Crippen LogP contribution in [0.4, 0.5) is 26.3 Å². The Labute approximate surface area is 231 Å². The van der Waals surface area contributed by atoms with Crippen LogP contribution < -0.4 is 4.74 Å². The molecule has 7 nitrogen and oxygen atoms in total. The number of nitrogens with zero attached hydrogens (tertiary/aromatic N) is 1. The molecule has 3 rings (SSSR count). The summed E-state index contributed by atoms with van der Waals surface area (Å²) >= 11 is 0. The van der Waals surface area contributed by atoms with E-state index in [0.29, 0.717) is 18.6 Å². The Balaban J connectivity index is 1.81. The summed E-state index contributed by atoms with van der Waals surface area (Å²) in [5.41, 5.74) is -5.91. The van der Waals surface area contributed by atoms with Crippen molar-refractivity contribution in [2.24, 2.45) is 0 Å². The number of benzene rings is 2. The van der Waals surface area contributed by atoms with Crippen LogP contribution in [0.5, 0.6) is 11.5 Å². The third kappa shape index (κ3) is 6.88. The second kappa shape index (κ2) is 11.8. The van der Waals surface area contributed by atoms with Gasteiger partial charge in [0.15, 0.2) is 0 Å². The number of hydrogen-bond acceptors (Lipinski definition) is 7. The second-order valence-electron chi connectivity index (χ2n) is 9.13. The Morgan fingerprint density at radius 2 is 1.59 bits per heavy atom. The lowest BCUT2D eigenvalue weighted by Crippen LogP contribution is -2.53. The fourth-order valence-corrected chi connectivity index (χ4v) is 4.82. The van der Waals surface area contributed by atoms with Gasteiger partial charge in [-0.15, -0.1) is 0 Å². The summed E-state index contributed by atoms with van der Waals surface area (Å²) in [4.78, 5) is 16.5. The smallest absolute Gasteiger partial charge is 0.430 e. The Morgan fingerprint density at radius 3 is 2.10 bits per heavy atom. The summed E-state index contributed by atoms with van der Waals surface area (Å²) in [5, 5.41) is 9.72. The van der Waals surface area contributed by atoms with E-state index in [0.717, 1.165) is 17.8 Å². The van der Waals surface area contributed by atoms with Crippen LogP contribution in [0.25, 0.3) is 0 Å². The third-order valence-electron chi connectivity index (χ3n) is 5.98. The average molecular weight is 606 g/mol. The summed E-state index contributed by atoms with van der Waals surface area (Å²) in [6, 6.07) is 10.2. The number of Topliss-reactive ketones (excluding diaryl/α,β-unsaturated/α-hetero) is 1. The molecule has 0 radical (unpaired) electrons. The molecule has 1 atom stereocenters. The van der Waals surface area contributed by atoms with Crippen molar-refractivity contribution in [3.63, 3.8) is 0 Å². The lowest BCUT2D eigenvalue weighted by molar-refractivity contribution is -0.376. The van der Waals surface area contributed by atoms with E-state index < -0.39 is 45.5 Å². The molecular weight excluding hydrogens is 580 g/mol. The Hall–Kier alpha value is -3.49.